The summed E-state index contributed by atoms with van der Waals surface area (Å²) >= 11 is 0. The van der Waals surface area contributed by atoms with E-state index in [4.69, 9.17) is 5.73 Å². The van der Waals surface area contributed by atoms with E-state index in [1.165, 1.54) is 5.56 Å². The molecule has 0 aromatic heterocycles. The minimum Gasteiger partial charge on any atom is -0.352 e. The van der Waals surface area contributed by atoms with E-state index in [0.29, 0.717) is 0 Å². The maximum Gasteiger partial charge on any atom is 0.241 e. The third-order valence-corrected chi connectivity index (χ3v) is 3.54. The average molecular weight is 319 g/mol. The Morgan fingerprint density at radius 1 is 1.05 bits per heavy atom. The van der Waals surface area contributed by atoms with Crippen molar-refractivity contribution in [3.8, 4) is 0 Å². The molecule has 0 saturated carbocycles. The number of benzene rings is 2. The molecular formula is C18H23ClN2O. The lowest BCUT2D eigenvalue weighted by Crippen LogP contribution is -2.39. The highest BCUT2D eigenvalue weighted by Crippen LogP contribution is 2.10. The zero-order chi connectivity index (χ0) is 15.1. The summed E-state index contributed by atoms with van der Waals surface area (Å²) in [5.41, 5.74) is 8.10. The summed E-state index contributed by atoms with van der Waals surface area (Å²) in [4.78, 5) is 12.1. The summed E-state index contributed by atoms with van der Waals surface area (Å²) in [6.45, 7) is 2.01. The molecule has 2 aromatic carbocycles. The van der Waals surface area contributed by atoms with Crippen LogP contribution in [0.15, 0.2) is 60.7 Å². The van der Waals surface area contributed by atoms with Crippen LogP contribution in [0.25, 0.3) is 0 Å². The number of amides is 1. The molecule has 3 N–H and O–H groups in total. The first kappa shape index (κ1) is 18.2. The molecule has 0 fully saturated rings. The molecule has 0 aliphatic heterocycles. The Labute approximate surface area is 138 Å². The lowest BCUT2D eigenvalue weighted by atomic mass is 10.0. The molecule has 0 radical (unpaired) electrons. The van der Waals surface area contributed by atoms with Crippen LogP contribution in [0.5, 0.6) is 0 Å². The van der Waals surface area contributed by atoms with Crippen LogP contribution < -0.4 is 11.1 Å². The van der Waals surface area contributed by atoms with Crippen molar-refractivity contribution in [1.29, 1.82) is 0 Å². The minimum absolute atomic E-state index is 0. The van der Waals surface area contributed by atoms with E-state index < -0.39 is 6.04 Å². The van der Waals surface area contributed by atoms with Crippen LogP contribution in [-0.4, -0.2) is 11.9 Å². The fourth-order valence-corrected chi connectivity index (χ4v) is 2.24. The largest absolute Gasteiger partial charge is 0.352 e. The summed E-state index contributed by atoms with van der Waals surface area (Å²) in [6.07, 6.45) is 1.85. The number of aryl methyl sites for hydroxylation is 1. The molecule has 2 atom stereocenters. The zero-order valence-electron chi connectivity index (χ0n) is 12.7. The second-order valence-electron chi connectivity index (χ2n) is 5.32. The molecule has 2 rings (SSSR count). The predicted molar refractivity (Wildman–Crippen MR) is 93.0 cm³/mol. The molecular weight excluding hydrogens is 296 g/mol. The molecule has 1 amide bonds. The first-order valence-corrected chi connectivity index (χ1v) is 7.31. The Hall–Kier alpha value is -1.84. The highest BCUT2D eigenvalue weighted by molar-refractivity contribution is 5.85. The Morgan fingerprint density at radius 2 is 1.59 bits per heavy atom. The van der Waals surface area contributed by atoms with E-state index in [0.717, 1.165) is 18.4 Å². The van der Waals surface area contributed by atoms with Gasteiger partial charge in [0.1, 0.15) is 6.04 Å². The van der Waals surface area contributed by atoms with Gasteiger partial charge in [0.15, 0.2) is 0 Å². The van der Waals surface area contributed by atoms with Gasteiger partial charge in [-0.3, -0.25) is 4.79 Å². The van der Waals surface area contributed by atoms with E-state index in [2.05, 4.69) is 17.4 Å². The number of hydrogen-bond donors (Lipinski definition) is 2. The average Bonchev–Trinajstić information content (AvgIpc) is 2.54. The summed E-state index contributed by atoms with van der Waals surface area (Å²) in [6, 6.07) is 19.2. The molecule has 0 bridgehead atoms. The topological polar surface area (TPSA) is 55.1 Å². The van der Waals surface area contributed by atoms with Crippen molar-refractivity contribution >= 4 is 18.3 Å². The Balaban J connectivity index is 0.00000242. The van der Waals surface area contributed by atoms with Gasteiger partial charge < -0.3 is 11.1 Å². The van der Waals surface area contributed by atoms with Gasteiger partial charge in [-0.1, -0.05) is 60.7 Å². The van der Waals surface area contributed by atoms with Crippen LogP contribution in [0.3, 0.4) is 0 Å². The van der Waals surface area contributed by atoms with Gasteiger partial charge in [0.25, 0.3) is 0 Å². The van der Waals surface area contributed by atoms with Gasteiger partial charge in [0.2, 0.25) is 5.91 Å². The second-order valence-corrected chi connectivity index (χ2v) is 5.32. The molecule has 2 aromatic rings. The fourth-order valence-electron chi connectivity index (χ4n) is 2.24. The zero-order valence-corrected chi connectivity index (χ0v) is 13.6. The Bertz CT molecular complexity index is 560. The molecule has 118 valence electrons. The van der Waals surface area contributed by atoms with E-state index in [9.17, 15) is 4.79 Å². The number of nitrogens with one attached hydrogen (secondary N) is 1. The molecule has 0 spiro atoms. The van der Waals surface area contributed by atoms with E-state index in [-0.39, 0.29) is 24.4 Å². The molecule has 22 heavy (non-hydrogen) atoms. The van der Waals surface area contributed by atoms with Gasteiger partial charge in [0.05, 0.1) is 0 Å². The summed E-state index contributed by atoms with van der Waals surface area (Å²) in [7, 11) is 0. The SMILES string of the molecule is CC(CCc1ccccc1)NC(=O)C(N)c1ccccc1.Cl. The highest BCUT2D eigenvalue weighted by atomic mass is 35.5. The van der Waals surface area contributed by atoms with E-state index in [1.807, 2.05) is 55.5 Å². The predicted octanol–water partition coefficient (Wildman–Crippen LogP) is 3.25. The fraction of sp³-hybridized carbons (Fsp3) is 0.278. The Morgan fingerprint density at radius 3 is 2.18 bits per heavy atom. The van der Waals surface area contributed by atoms with E-state index >= 15 is 0 Å². The lowest BCUT2D eigenvalue weighted by molar-refractivity contribution is -0.123. The maximum absolute atomic E-state index is 12.1. The number of halogens is 1. The van der Waals surface area contributed by atoms with E-state index in [1.54, 1.807) is 0 Å². The van der Waals surface area contributed by atoms with Gasteiger partial charge in [-0.05, 0) is 30.9 Å². The minimum atomic E-state index is -0.606. The van der Waals surface area contributed by atoms with Crippen LogP contribution in [0.1, 0.15) is 30.5 Å². The van der Waals surface area contributed by atoms with Gasteiger partial charge >= 0.3 is 0 Å². The van der Waals surface area contributed by atoms with Gasteiger partial charge in [-0.2, -0.15) is 0 Å². The standard InChI is InChI=1S/C18H22N2O.ClH/c1-14(12-13-15-8-4-2-5-9-15)20-18(21)17(19)16-10-6-3-7-11-16;/h2-11,14,17H,12-13,19H2,1H3,(H,20,21);1H. The molecule has 0 saturated heterocycles. The van der Waals surface area contributed by atoms with Crippen molar-refractivity contribution in [2.75, 3.05) is 0 Å². The molecule has 4 heteroatoms. The van der Waals surface area contributed by atoms with Crippen LogP contribution in [0, 0.1) is 0 Å². The number of nitrogens with two attached hydrogens (primary N) is 1. The van der Waals surface area contributed by atoms with Crippen molar-refractivity contribution in [3.63, 3.8) is 0 Å². The third-order valence-electron chi connectivity index (χ3n) is 3.54. The summed E-state index contributed by atoms with van der Waals surface area (Å²) in [5, 5.41) is 2.98. The maximum atomic E-state index is 12.1. The molecule has 0 heterocycles. The molecule has 3 nitrogen and oxygen atoms in total. The van der Waals surface area contributed by atoms with Crippen molar-refractivity contribution in [2.45, 2.75) is 31.8 Å². The number of rotatable bonds is 6. The van der Waals surface area contributed by atoms with Crippen LogP contribution in [-0.2, 0) is 11.2 Å². The smallest absolute Gasteiger partial charge is 0.241 e. The Kier molecular flexibility index (Phi) is 7.64. The first-order valence-electron chi connectivity index (χ1n) is 7.31. The molecule has 0 aliphatic rings. The van der Waals surface area contributed by atoms with Crippen molar-refractivity contribution in [3.05, 3.63) is 71.8 Å². The lowest BCUT2D eigenvalue weighted by Gasteiger charge is -2.17. The van der Waals surface area contributed by atoms with Gasteiger partial charge in [-0.15, -0.1) is 12.4 Å². The number of carbonyl (C=O) groups excluding carboxylic acids is 1. The van der Waals surface area contributed by atoms with Crippen LogP contribution >= 0.6 is 12.4 Å². The highest BCUT2D eigenvalue weighted by Gasteiger charge is 2.17. The van der Waals surface area contributed by atoms with Crippen LogP contribution in [0.4, 0.5) is 0 Å². The number of hydrogen-bond acceptors (Lipinski definition) is 2. The summed E-state index contributed by atoms with van der Waals surface area (Å²) in [5.74, 6) is -0.123. The molecule has 2 unspecified atom stereocenters. The first-order chi connectivity index (χ1) is 10.2. The van der Waals surface area contributed by atoms with Crippen molar-refractivity contribution in [1.82, 2.24) is 5.32 Å². The monoisotopic (exact) mass is 318 g/mol. The van der Waals surface area contributed by atoms with Gasteiger partial charge in [-0.25, -0.2) is 0 Å². The quantitative estimate of drug-likeness (QED) is 0.859. The number of carbonyl (C=O) groups is 1. The molecule has 0 aliphatic carbocycles. The van der Waals surface area contributed by atoms with Gasteiger partial charge in [0, 0.05) is 6.04 Å². The summed E-state index contributed by atoms with van der Waals surface area (Å²) < 4.78 is 0. The van der Waals surface area contributed by atoms with Crippen LogP contribution in [0.2, 0.25) is 0 Å². The van der Waals surface area contributed by atoms with Crippen molar-refractivity contribution < 1.29 is 4.79 Å². The third kappa shape index (κ3) is 5.51. The van der Waals surface area contributed by atoms with Crippen molar-refractivity contribution in [2.24, 2.45) is 5.73 Å². The second kappa shape index (κ2) is 9.23. The normalized spacial score (nSPS) is 12.8.